The molecule has 124 valence electrons. The van der Waals surface area contributed by atoms with Crippen LogP contribution in [-0.2, 0) is 4.74 Å². The van der Waals surface area contributed by atoms with Gasteiger partial charge in [0.05, 0.1) is 5.60 Å². The fraction of sp³-hybridized carbons (Fsp3) is 1.00. The van der Waals surface area contributed by atoms with Crippen molar-refractivity contribution in [3.63, 3.8) is 0 Å². The maximum atomic E-state index is 6.10. The molecule has 1 aliphatic heterocycles. The van der Waals surface area contributed by atoms with Crippen molar-refractivity contribution in [2.24, 2.45) is 5.92 Å². The van der Waals surface area contributed by atoms with Crippen LogP contribution in [0.4, 0.5) is 0 Å². The first-order chi connectivity index (χ1) is 10.3. The van der Waals surface area contributed by atoms with Crippen LogP contribution >= 0.6 is 0 Å². The number of hydrogen-bond donors (Lipinski definition) is 1. The zero-order valence-electron chi connectivity index (χ0n) is 14.5. The summed E-state index contributed by atoms with van der Waals surface area (Å²) >= 11 is 0. The van der Waals surface area contributed by atoms with Gasteiger partial charge in [0.2, 0.25) is 0 Å². The standard InChI is InChI=1S/C19H37NO/c1-3-5-6-7-8-9-11-18(20-4-2)17-12-15-21-19(16-17)13-10-14-19/h17-18,20H,3-16H2,1-2H3. The molecule has 0 radical (unpaired) electrons. The summed E-state index contributed by atoms with van der Waals surface area (Å²) in [6.07, 6.45) is 16.5. The zero-order chi connectivity index (χ0) is 15.0. The van der Waals surface area contributed by atoms with Gasteiger partial charge in [0.15, 0.2) is 0 Å². The summed E-state index contributed by atoms with van der Waals surface area (Å²) in [5, 5.41) is 3.78. The highest BCUT2D eigenvalue weighted by Crippen LogP contribution is 2.45. The summed E-state index contributed by atoms with van der Waals surface area (Å²) in [4.78, 5) is 0. The van der Waals surface area contributed by atoms with Crippen molar-refractivity contribution in [1.29, 1.82) is 0 Å². The summed E-state index contributed by atoms with van der Waals surface area (Å²) in [6.45, 7) is 6.67. The summed E-state index contributed by atoms with van der Waals surface area (Å²) in [5.41, 5.74) is 0.303. The molecule has 2 atom stereocenters. The van der Waals surface area contributed by atoms with Gasteiger partial charge in [-0.2, -0.15) is 0 Å². The molecule has 2 nitrogen and oxygen atoms in total. The average Bonchev–Trinajstić information content (AvgIpc) is 2.48. The van der Waals surface area contributed by atoms with E-state index in [4.69, 9.17) is 4.74 Å². The first-order valence-corrected chi connectivity index (χ1v) is 9.67. The Kier molecular flexibility index (Phi) is 7.53. The Morgan fingerprint density at radius 1 is 1.10 bits per heavy atom. The van der Waals surface area contributed by atoms with E-state index in [-0.39, 0.29) is 0 Å². The van der Waals surface area contributed by atoms with Crippen molar-refractivity contribution in [3.8, 4) is 0 Å². The van der Waals surface area contributed by atoms with E-state index in [2.05, 4.69) is 19.2 Å². The lowest BCUT2D eigenvalue weighted by Gasteiger charge is -2.49. The second kappa shape index (κ2) is 9.15. The van der Waals surface area contributed by atoms with Crippen LogP contribution in [0.5, 0.6) is 0 Å². The maximum absolute atomic E-state index is 6.10. The lowest BCUT2D eigenvalue weighted by atomic mass is 9.70. The van der Waals surface area contributed by atoms with E-state index in [9.17, 15) is 0 Å². The van der Waals surface area contributed by atoms with Crippen molar-refractivity contribution in [1.82, 2.24) is 5.32 Å². The summed E-state index contributed by atoms with van der Waals surface area (Å²) in [5.74, 6) is 0.856. The smallest absolute Gasteiger partial charge is 0.0685 e. The van der Waals surface area contributed by atoms with E-state index in [0.717, 1.165) is 25.1 Å². The van der Waals surface area contributed by atoms with Crippen LogP contribution in [0, 0.1) is 5.92 Å². The van der Waals surface area contributed by atoms with E-state index in [1.165, 1.54) is 77.0 Å². The molecule has 1 aliphatic carbocycles. The summed E-state index contributed by atoms with van der Waals surface area (Å²) in [6, 6.07) is 0.738. The first-order valence-electron chi connectivity index (χ1n) is 9.67. The highest BCUT2D eigenvalue weighted by atomic mass is 16.5. The van der Waals surface area contributed by atoms with Crippen molar-refractivity contribution in [2.75, 3.05) is 13.2 Å². The summed E-state index contributed by atoms with van der Waals surface area (Å²) in [7, 11) is 0. The van der Waals surface area contributed by atoms with Crippen LogP contribution in [-0.4, -0.2) is 24.8 Å². The zero-order valence-corrected chi connectivity index (χ0v) is 14.5. The Morgan fingerprint density at radius 2 is 1.86 bits per heavy atom. The predicted octanol–water partition coefficient (Wildman–Crippen LogP) is 5.06. The van der Waals surface area contributed by atoms with Gasteiger partial charge in [-0.15, -0.1) is 0 Å². The first kappa shape index (κ1) is 17.3. The SMILES string of the molecule is CCCCCCCCC(NCC)C1CCOC2(CCC2)C1. The van der Waals surface area contributed by atoms with Crippen LogP contribution in [0.15, 0.2) is 0 Å². The molecule has 21 heavy (non-hydrogen) atoms. The monoisotopic (exact) mass is 295 g/mol. The lowest BCUT2D eigenvalue weighted by molar-refractivity contribution is -0.147. The Balaban J connectivity index is 1.70. The van der Waals surface area contributed by atoms with Gasteiger partial charge in [-0.1, -0.05) is 52.4 Å². The van der Waals surface area contributed by atoms with Gasteiger partial charge in [0.1, 0.15) is 0 Å². The molecule has 2 rings (SSSR count). The molecule has 0 aromatic rings. The van der Waals surface area contributed by atoms with Crippen molar-refractivity contribution >= 4 is 0 Å². The largest absolute Gasteiger partial charge is 0.375 e. The van der Waals surface area contributed by atoms with Gasteiger partial charge >= 0.3 is 0 Å². The number of nitrogens with one attached hydrogen (secondary N) is 1. The molecule has 2 heteroatoms. The molecule has 0 amide bonds. The van der Waals surface area contributed by atoms with E-state index in [1.54, 1.807) is 0 Å². The van der Waals surface area contributed by atoms with Crippen LogP contribution < -0.4 is 5.32 Å². The number of unbranched alkanes of at least 4 members (excludes halogenated alkanes) is 5. The third-order valence-corrected chi connectivity index (χ3v) is 5.70. The van der Waals surface area contributed by atoms with E-state index in [1.807, 2.05) is 0 Å². The molecule has 0 aromatic carbocycles. The molecule has 0 aromatic heterocycles. The molecule has 2 aliphatic rings. The minimum atomic E-state index is 0.303. The number of rotatable bonds is 10. The van der Waals surface area contributed by atoms with Gasteiger partial charge in [0, 0.05) is 12.6 Å². The number of hydrogen-bond acceptors (Lipinski definition) is 2. The quantitative estimate of drug-likeness (QED) is 0.568. The van der Waals surface area contributed by atoms with E-state index < -0.39 is 0 Å². The Morgan fingerprint density at radius 3 is 2.52 bits per heavy atom. The second-order valence-corrected chi connectivity index (χ2v) is 7.36. The predicted molar refractivity (Wildman–Crippen MR) is 90.7 cm³/mol. The van der Waals surface area contributed by atoms with Crippen LogP contribution in [0.3, 0.4) is 0 Å². The van der Waals surface area contributed by atoms with E-state index in [0.29, 0.717) is 5.60 Å². The molecule has 1 saturated heterocycles. The molecule has 1 N–H and O–H groups in total. The second-order valence-electron chi connectivity index (χ2n) is 7.36. The average molecular weight is 296 g/mol. The molecule has 2 fully saturated rings. The van der Waals surface area contributed by atoms with Gasteiger partial charge in [-0.25, -0.2) is 0 Å². The topological polar surface area (TPSA) is 21.3 Å². The van der Waals surface area contributed by atoms with E-state index >= 15 is 0 Å². The fourth-order valence-electron chi connectivity index (χ4n) is 4.24. The molecule has 1 saturated carbocycles. The van der Waals surface area contributed by atoms with Gasteiger partial charge in [0.25, 0.3) is 0 Å². The minimum absolute atomic E-state index is 0.303. The normalized spacial score (nSPS) is 25.7. The van der Waals surface area contributed by atoms with Gasteiger partial charge in [-0.05, 0) is 51.0 Å². The van der Waals surface area contributed by atoms with Crippen molar-refractivity contribution in [2.45, 2.75) is 103 Å². The Hall–Kier alpha value is -0.0800. The Bertz CT molecular complexity index is 275. The molecule has 1 spiro atoms. The summed E-state index contributed by atoms with van der Waals surface area (Å²) < 4.78 is 6.10. The van der Waals surface area contributed by atoms with Crippen LogP contribution in [0.1, 0.15) is 90.9 Å². The molecular weight excluding hydrogens is 258 g/mol. The fourth-order valence-corrected chi connectivity index (χ4v) is 4.24. The van der Waals surface area contributed by atoms with Crippen molar-refractivity contribution in [3.05, 3.63) is 0 Å². The highest BCUT2D eigenvalue weighted by Gasteiger charge is 2.43. The van der Waals surface area contributed by atoms with Crippen molar-refractivity contribution < 1.29 is 4.74 Å². The molecular formula is C19H37NO. The highest BCUT2D eigenvalue weighted by molar-refractivity contribution is 4.96. The van der Waals surface area contributed by atoms with Crippen LogP contribution in [0.2, 0.25) is 0 Å². The number of ether oxygens (including phenoxy) is 1. The third kappa shape index (κ3) is 5.25. The van der Waals surface area contributed by atoms with Gasteiger partial charge in [-0.3, -0.25) is 0 Å². The molecule has 0 bridgehead atoms. The lowest BCUT2D eigenvalue weighted by Crippen LogP contribution is -2.50. The van der Waals surface area contributed by atoms with Crippen LogP contribution in [0.25, 0.3) is 0 Å². The maximum Gasteiger partial charge on any atom is 0.0685 e. The Labute approximate surface area is 132 Å². The molecule has 1 heterocycles. The van der Waals surface area contributed by atoms with Gasteiger partial charge < -0.3 is 10.1 Å². The molecule has 2 unspecified atom stereocenters. The minimum Gasteiger partial charge on any atom is -0.375 e. The third-order valence-electron chi connectivity index (χ3n) is 5.70.